The Labute approximate surface area is 140 Å². The second-order valence-electron chi connectivity index (χ2n) is 7.09. The molecule has 1 aromatic heterocycles. The van der Waals surface area contributed by atoms with Crippen LogP contribution in [0.3, 0.4) is 0 Å². The summed E-state index contributed by atoms with van der Waals surface area (Å²) in [4.78, 5) is 15.8. The number of phenols is 1. The lowest BCUT2D eigenvalue weighted by atomic mass is 9.73. The second kappa shape index (κ2) is 5.96. The molecular formula is C19H22N2O3. The molecule has 1 aliphatic heterocycles. The highest BCUT2D eigenvalue weighted by molar-refractivity contribution is 5.85. The van der Waals surface area contributed by atoms with Crippen LogP contribution >= 0.6 is 0 Å². The van der Waals surface area contributed by atoms with Gasteiger partial charge in [0.2, 0.25) is 5.91 Å². The maximum Gasteiger partial charge on any atom is 0.220 e. The van der Waals surface area contributed by atoms with Crippen LogP contribution in [0.4, 0.5) is 0 Å². The lowest BCUT2D eigenvalue weighted by Gasteiger charge is -2.35. The van der Waals surface area contributed by atoms with Crippen molar-refractivity contribution in [2.75, 3.05) is 6.61 Å². The number of carbonyl (C=O) groups is 1. The molecule has 1 atom stereocenters. The molecule has 1 saturated carbocycles. The monoisotopic (exact) mass is 326 g/mol. The molecule has 1 aliphatic carbocycles. The third kappa shape index (κ3) is 2.68. The van der Waals surface area contributed by atoms with E-state index in [0.29, 0.717) is 18.4 Å². The van der Waals surface area contributed by atoms with Gasteiger partial charge in [0, 0.05) is 16.9 Å². The topological polar surface area (TPSA) is 85.4 Å². The number of carbonyl (C=O) groups excluding carboxylic acids is 1. The number of hydrogen-bond donors (Lipinski definition) is 2. The molecule has 24 heavy (non-hydrogen) atoms. The number of amides is 1. The first-order valence-electron chi connectivity index (χ1n) is 8.64. The van der Waals surface area contributed by atoms with Gasteiger partial charge in [0.25, 0.3) is 0 Å². The van der Waals surface area contributed by atoms with Gasteiger partial charge in [-0.2, -0.15) is 0 Å². The molecule has 2 aromatic rings. The molecule has 0 radical (unpaired) electrons. The molecular weight excluding hydrogens is 304 g/mol. The molecule has 126 valence electrons. The van der Waals surface area contributed by atoms with E-state index in [1.54, 1.807) is 18.3 Å². The molecule has 1 amide bonds. The molecule has 2 heterocycles. The first-order valence-corrected chi connectivity index (χ1v) is 8.64. The molecule has 5 nitrogen and oxygen atoms in total. The minimum Gasteiger partial charge on any atom is -0.508 e. The molecule has 0 bridgehead atoms. The van der Waals surface area contributed by atoms with E-state index >= 15 is 0 Å². The van der Waals surface area contributed by atoms with Gasteiger partial charge in [-0.3, -0.25) is 9.78 Å². The van der Waals surface area contributed by atoms with Crippen LogP contribution in [0.1, 0.15) is 31.2 Å². The van der Waals surface area contributed by atoms with E-state index in [2.05, 4.69) is 4.98 Å². The van der Waals surface area contributed by atoms with Crippen LogP contribution in [0.5, 0.6) is 11.5 Å². The van der Waals surface area contributed by atoms with Crippen molar-refractivity contribution in [2.45, 2.75) is 32.1 Å². The summed E-state index contributed by atoms with van der Waals surface area (Å²) < 4.78 is 5.98. The lowest BCUT2D eigenvalue weighted by Crippen LogP contribution is -2.34. The molecule has 3 N–H and O–H groups in total. The predicted octanol–water partition coefficient (Wildman–Crippen LogP) is 2.78. The third-order valence-electron chi connectivity index (χ3n) is 5.68. The number of nitrogens with two attached hydrogens (primary N) is 1. The molecule has 1 aromatic carbocycles. The van der Waals surface area contributed by atoms with E-state index in [0.717, 1.165) is 54.3 Å². The standard InChI is InChI=1S/C19H22N2O3/c20-19(23)12-3-1-11(2-4-12)13-7-16-15-8-14(22)5-6-17(15)21-9-18(16)24-10-13/h5-6,8-9,11-13,22H,1-4,7,10H2,(H2,20,23). The van der Waals surface area contributed by atoms with Crippen molar-refractivity contribution in [3.8, 4) is 11.5 Å². The van der Waals surface area contributed by atoms with Crippen molar-refractivity contribution >= 4 is 16.8 Å². The van der Waals surface area contributed by atoms with Crippen molar-refractivity contribution in [1.29, 1.82) is 0 Å². The van der Waals surface area contributed by atoms with E-state index in [1.807, 2.05) is 6.07 Å². The Kier molecular flexibility index (Phi) is 3.79. The van der Waals surface area contributed by atoms with Crippen LogP contribution in [-0.4, -0.2) is 22.6 Å². The quantitative estimate of drug-likeness (QED) is 0.888. The number of benzene rings is 1. The van der Waals surface area contributed by atoms with Gasteiger partial charge in [0.1, 0.15) is 11.5 Å². The van der Waals surface area contributed by atoms with Gasteiger partial charge >= 0.3 is 0 Å². The normalized spacial score (nSPS) is 26.6. The number of aromatic nitrogens is 1. The summed E-state index contributed by atoms with van der Waals surface area (Å²) in [5, 5.41) is 10.8. The second-order valence-corrected chi connectivity index (χ2v) is 7.09. The van der Waals surface area contributed by atoms with Gasteiger partial charge in [-0.15, -0.1) is 0 Å². The predicted molar refractivity (Wildman–Crippen MR) is 90.7 cm³/mol. The summed E-state index contributed by atoms with van der Waals surface area (Å²) in [6.45, 7) is 0.699. The number of phenolic OH excluding ortho intramolecular Hbond substituents is 1. The van der Waals surface area contributed by atoms with Crippen molar-refractivity contribution in [1.82, 2.24) is 4.98 Å². The highest BCUT2D eigenvalue weighted by atomic mass is 16.5. The van der Waals surface area contributed by atoms with Crippen LogP contribution in [-0.2, 0) is 11.2 Å². The van der Waals surface area contributed by atoms with Crippen LogP contribution in [0.25, 0.3) is 10.9 Å². The summed E-state index contributed by atoms with van der Waals surface area (Å²) >= 11 is 0. The highest BCUT2D eigenvalue weighted by Gasteiger charge is 2.33. The van der Waals surface area contributed by atoms with E-state index in [9.17, 15) is 9.90 Å². The van der Waals surface area contributed by atoms with Crippen molar-refractivity contribution in [3.63, 3.8) is 0 Å². The number of nitrogens with zero attached hydrogens (tertiary/aromatic N) is 1. The molecule has 0 spiro atoms. The number of fused-ring (bicyclic) bond motifs is 3. The summed E-state index contributed by atoms with van der Waals surface area (Å²) in [5.41, 5.74) is 7.46. The van der Waals surface area contributed by atoms with Crippen LogP contribution in [0, 0.1) is 17.8 Å². The Hall–Kier alpha value is -2.30. The van der Waals surface area contributed by atoms with Gasteiger partial charge in [-0.25, -0.2) is 0 Å². The van der Waals surface area contributed by atoms with Crippen molar-refractivity contribution in [2.24, 2.45) is 23.5 Å². The molecule has 2 aliphatic rings. The summed E-state index contributed by atoms with van der Waals surface area (Å²) in [5.74, 6) is 1.97. The van der Waals surface area contributed by atoms with Crippen LogP contribution < -0.4 is 10.5 Å². The number of primary amides is 1. The Balaban J connectivity index is 1.57. The number of hydrogen-bond acceptors (Lipinski definition) is 4. The molecule has 1 fully saturated rings. The molecule has 5 heteroatoms. The fraction of sp³-hybridized carbons (Fsp3) is 0.474. The first kappa shape index (κ1) is 15.2. The zero-order valence-electron chi connectivity index (χ0n) is 13.6. The minimum atomic E-state index is -0.161. The van der Waals surface area contributed by atoms with Gasteiger partial charge < -0.3 is 15.6 Å². The highest BCUT2D eigenvalue weighted by Crippen LogP contribution is 2.40. The Bertz CT molecular complexity index is 782. The zero-order chi connectivity index (χ0) is 16.7. The summed E-state index contributed by atoms with van der Waals surface area (Å²) in [6.07, 6.45) is 6.57. The fourth-order valence-corrected chi connectivity index (χ4v) is 4.25. The fourth-order valence-electron chi connectivity index (χ4n) is 4.25. The number of rotatable bonds is 2. The minimum absolute atomic E-state index is 0.0417. The number of ether oxygens (including phenoxy) is 1. The van der Waals surface area contributed by atoms with E-state index in [4.69, 9.17) is 10.5 Å². The smallest absolute Gasteiger partial charge is 0.220 e. The molecule has 1 unspecified atom stereocenters. The van der Waals surface area contributed by atoms with Gasteiger partial charge in [-0.05, 0) is 62.1 Å². The lowest BCUT2D eigenvalue weighted by molar-refractivity contribution is -0.123. The van der Waals surface area contributed by atoms with E-state index < -0.39 is 0 Å². The van der Waals surface area contributed by atoms with E-state index in [1.165, 1.54) is 0 Å². The van der Waals surface area contributed by atoms with Crippen LogP contribution in [0.2, 0.25) is 0 Å². The zero-order valence-corrected chi connectivity index (χ0v) is 13.6. The number of pyridine rings is 1. The maximum absolute atomic E-state index is 11.3. The number of aromatic hydroxyl groups is 1. The Morgan fingerprint density at radius 2 is 2.00 bits per heavy atom. The average molecular weight is 326 g/mol. The maximum atomic E-state index is 11.3. The summed E-state index contributed by atoms with van der Waals surface area (Å²) in [6, 6.07) is 5.28. The molecule has 0 saturated heterocycles. The van der Waals surface area contributed by atoms with Crippen molar-refractivity contribution < 1.29 is 14.6 Å². The Morgan fingerprint density at radius 3 is 2.75 bits per heavy atom. The van der Waals surface area contributed by atoms with Gasteiger partial charge in [0.05, 0.1) is 18.3 Å². The average Bonchev–Trinajstić information content (AvgIpc) is 2.61. The van der Waals surface area contributed by atoms with Crippen molar-refractivity contribution in [3.05, 3.63) is 30.0 Å². The summed E-state index contributed by atoms with van der Waals surface area (Å²) in [7, 11) is 0. The molecule has 4 rings (SSSR count). The SMILES string of the molecule is NC(=O)C1CCC(C2COc3cnc4ccc(O)cc4c3C2)CC1. The van der Waals surface area contributed by atoms with Gasteiger partial charge in [0.15, 0.2) is 0 Å². The first-order chi connectivity index (χ1) is 11.6. The Morgan fingerprint density at radius 1 is 1.21 bits per heavy atom. The largest absolute Gasteiger partial charge is 0.508 e. The van der Waals surface area contributed by atoms with Gasteiger partial charge in [-0.1, -0.05) is 0 Å². The van der Waals surface area contributed by atoms with E-state index in [-0.39, 0.29) is 17.6 Å². The van der Waals surface area contributed by atoms with Crippen LogP contribution in [0.15, 0.2) is 24.4 Å². The third-order valence-corrected chi connectivity index (χ3v) is 5.68.